The van der Waals surface area contributed by atoms with Crippen LogP contribution < -0.4 is 10.1 Å². The number of nitrogens with one attached hydrogen (secondary N) is 2. The van der Waals surface area contributed by atoms with Crippen LogP contribution in [0.25, 0.3) is 10.9 Å². The highest BCUT2D eigenvalue weighted by Gasteiger charge is 2.13. The van der Waals surface area contributed by atoms with Gasteiger partial charge in [-0.3, -0.25) is 5.10 Å². The number of methoxy groups -OCH3 is 1. The van der Waals surface area contributed by atoms with E-state index in [0.717, 1.165) is 22.2 Å². The third-order valence-corrected chi connectivity index (χ3v) is 3.55. The number of hydrogen-bond acceptors (Lipinski definition) is 4. The third-order valence-electron chi connectivity index (χ3n) is 3.55. The normalized spacial score (nSPS) is 12.3. The van der Waals surface area contributed by atoms with Crippen molar-refractivity contribution in [3.05, 3.63) is 48.2 Å². The molecule has 1 aromatic heterocycles. The second-order valence-electron chi connectivity index (χ2n) is 4.93. The molecule has 1 heterocycles. The van der Waals surface area contributed by atoms with Gasteiger partial charge in [0.15, 0.2) is 0 Å². The molecule has 1 atom stereocenters. The lowest BCUT2D eigenvalue weighted by atomic mass is 10.1. The molecule has 0 aliphatic rings. The molecular weight excluding hydrogens is 266 g/mol. The largest absolute Gasteiger partial charge is 0.507 e. The Bertz CT molecular complexity index is 767. The zero-order chi connectivity index (χ0) is 14.8. The molecule has 0 amide bonds. The Morgan fingerprint density at radius 1 is 1.29 bits per heavy atom. The lowest BCUT2D eigenvalue weighted by Gasteiger charge is -2.18. The van der Waals surface area contributed by atoms with Gasteiger partial charge in [-0.1, -0.05) is 12.1 Å². The molecule has 3 N–H and O–H groups in total. The number of benzene rings is 2. The monoisotopic (exact) mass is 283 g/mol. The highest BCUT2D eigenvalue weighted by molar-refractivity contribution is 5.90. The molecule has 0 spiro atoms. The Balaban J connectivity index is 1.89. The van der Waals surface area contributed by atoms with Gasteiger partial charge in [0.05, 0.1) is 30.6 Å². The Morgan fingerprint density at radius 3 is 2.90 bits per heavy atom. The molecule has 0 bridgehead atoms. The first kappa shape index (κ1) is 13.3. The van der Waals surface area contributed by atoms with Gasteiger partial charge < -0.3 is 15.2 Å². The molecule has 1 unspecified atom stereocenters. The van der Waals surface area contributed by atoms with E-state index in [1.54, 1.807) is 19.4 Å². The fourth-order valence-corrected chi connectivity index (χ4v) is 2.42. The first-order valence-electron chi connectivity index (χ1n) is 6.74. The number of phenols is 1. The molecule has 21 heavy (non-hydrogen) atoms. The maximum Gasteiger partial charge on any atom is 0.124 e. The van der Waals surface area contributed by atoms with Crippen LogP contribution in [0.1, 0.15) is 18.5 Å². The summed E-state index contributed by atoms with van der Waals surface area (Å²) in [6, 6.07) is 11.2. The third kappa shape index (κ3) is 2.50. The van der Waals surface area contributed by atoms with Crippen LogP contribution in [0.15, 0.2) is 42.6 Å². The summed E-state index contributed by atoms with van der Waals surface area (Å²) in [4.78, 5) is 0. The molecule has 2 aromatic carbocycles. The van der Waals surface area contributed by atoms with Crippen LogP contribution in [-0.2, 0) is 0 Å². The van der Waals surface area contributed by atoms with Gasteiger partial charge in [-0.15, -0.1) is 0 Å². The summed E-state index contributed by atoms with van der Waals surface area (Å²) in [5.74, 6) is 0.852. The number of phenolic OH excluding ortho intramolecular Hbond substituents is 1. The van der Waals surface area contributed by atoms with Gasteiger partial charge in [0.1, 0.15) is 11.5 Å². The van der Waals surface area contributed by atoms with Crippen LogP contribution in [-0.4, -0.2) is 22.4 Å². The van der Waals surface area contributed by atoms with E-state index < -0.39 is 0 Å². The standard InChI is InChI=1S/C16H17N3O2/c1-10(13-7-6-12(21-2)8-15(13)20)18-14-5-3-4-11-9-17-19-16(11)14/h3-10,18,20H,1-2H3,(H,17,19). The first-order chi connectivity index (χ1) is 10.2. The number of anilines is 1. The van der Waals surface area contributed by atoms with E-state index in [1.165, 1.54) is 0 Å². The number of ether oxygens (including phenoxy) is 1. The highest BCUT2D eigenvalue weighted by atomic mass is 16.5. The summed E-state index contributed by atoms with van der Waals surface area (Å²) in [7, 11) is 1.58. The van der Waals surface area contributed by atoms with E-state index in [0.29, 0.717) is 5.75 Å². The van der Waals surface area contributed by atoms with Gasteiger partial charge in [-0.05, 0) is 25.1 Å². The van der Waals surface area contributed by atoms with E-state index in [1.807, 2.05) is 37.3 Å². The fourth-order valence-electron chi connectivity index (χ4n) is 2.42. The predicted octanol–water partition coefficient (Wildman–Crippen LogP) is 3.45. The minimum atomic E-state index is -0.0511. The number of H-pyrrole nitrogens is 1. The van der Waals surface area contributed by atoms with E-state index in [9.17, 15) is 5.11 Å². The van der Waals surface area contributed by atoms with Crippen molar-refractivity contribution in [3.8, 4) is 11.5 Å². The Labute approximate surface area is 122 Å². The van der Waals surface area contributed by atoms with E-state index in [2.05, 4.69) is 15.5 Å². The Hall–Kier alpha value is -2.69. The summed E-state index contributed by atoms with van der Waals surface area (Å²) >= 11 is 0. The van der Waals surface area contributed by atoms with Crippen molar-refractivity contribution < 1.29 is 9.84 Å². The van der Waals surface area contributed by atoms with Crippen LogP contribution in [0, 0.1) is 0 Å². The van der Waals surface area contributed by atoms with Crippen LogP contribution in [0.5, 0.6) is 11.5 Å². The maximum absolute atomic E-state index is 10.1. The second-order valence-corrected chi connectivity index (χ2v) is 4.93. The summed E-state index contributed by atoms with van der Waals surface area (Å²) in [5.41, 5.74) is 2.72. The minimum absolute atomic E-state index is 0.0511. The van der Waals surface area contributed by atoms with Crippen molar-refractivity contribution in [2.45, 2.75) is 13.0 Å². The molecule has 0 aliphatic heterocycles. The Kier molecular flexibility index (Phi) is 3.39. The second kappa shape index (κ2) is 5.36. The molecule has 5 nitrogen and oxygen atoms in total. The average molecular weight is 283 g/mol. The van der Waals surface area contributed by atoms with Gasteiger partial charge >= 0.3 is 0 Å². The fraction of sp³-hybridized carbons (Fsp3) is 0.188. The lowest BCUT2D eigenvalue weighted by molar-refractivity contribution is 0.406. The molecule has 5 heteroatoms. The topological polar surface area (TPSA) is 70.2 Å². The van der Waals surface area contributed by atoms with Crippen molar-refractivity contribution in [2.24, 2.45) is 0 Å². The molecule has 0 saturated carbocycles. The van der Waals surface area contributed by atoms with Crippen LogP contribution in [0.4, 0.5) is 5.69 Å². The van der Waals surface area contributed by atoms with Crippen molar-refractivity contribution in [1.82, 2.24) is 10.2 Å². The zero-order valence-electron chi connectivity index (χ0n) is 11.9. The number of para-hydroxylation sites is 1. The summed E-state index contributed by atoms with van der Waals surface area (Å²) < 4.78 is 5.10. The zero-order valence-corrected chi connectivity index (χ0v) is 11.9. The van der Waals surface area contributed by atoms with Crippen LogP contribution >= 0.6 is 0 Å². The molecule has 0 fully saturated rings. The summed E-state index contributed by atoms with van der Waals surface area (Å²) in [6.07, 6.45) is 1.79. The van der Waals surface area contributed by atoms with Crippen molar-refractivity contribution in [3.63, 3.8) is 0 Å². The smallest absolute Gasteiger partial charge is 0.124 e. The van der Waals surface area contributed by atoms with Gasteiger partial charge in [0, 0.05) is 17.0 Å². The van der Waals surface area contributed by atoms with E-state index >= 15 is 0 Å². The number of aromatic hydroxyl groups is 1. The minimum Gasteiger partial charge on any atom is -0.507 e. The Morgan fingerprint density at radius 2 is 2.14 bits per heavy atom. The van der Waals surface area contributed by atoms with Gasteiger partial charge in [-0.25, -0.2) is 0 Å². The summed E-state index contributed by atoms with van der Waals surface area (Å²) in [6.45, 7) is 2.00. The number of rotatable bonds is 4. The molecule has 0 saturated heterocycles. The van der Waals surface area contributed by atoms with Crippen LogP contribution in [0.2, 0.25) is 0 Å². The highest BCUT2D eigenvalue weighted by Crippen LogP contribution is 2.31. The van der Waals surface area contributed by atoms with Gasteiger partial charge in [-0.2, -0.15) is 5.10 Å². The number of aromatic nitrogens is 2. The molecule has 108 valence electrons. The SMILES string of the molecule is COc1ccc(C(C)Nc2cccc3cn[nH]c23)c(O)c1. The quantitative estimate of drug-likeness (QED) is 0.686. The molecule has 0 aliphatic carbocycles. The first-order valence-corrected chi connectivity index (χ1v) is 6.74. The molecular formula is C16H17N3O2. The van der Waals surface area contributed by atoms with E-state index in [-0.39, 0.29) is 11.8 Å². The number of hydrogen-bond donors (Lipinski definition) is 3. The maximum atomic E-state index is 10.1. The predicted molar refractivity (Wildman–Crippen MR) is 82.8 cm³/mol. The summed E-state index contributed by atoms with van der Waals surface area (Å²) in [5, 5.41) is 21.6. The molecule has 0 radical (unpaired) electrons. The average Bonchev–Trinajstić information content (AvgIpc) is 2.96. The number of aromatic amines is 1. The van der Waals surface area contributed by atoms with Crippen molar-refractivity contribution in [2.75, 3.05) is 12.4 Å². The van der Waals surface area contributed by atoms with E-state index in [4.69, 9.17) is 4.74 Å². The van der Waals surface area contributed by atoms with Gasteiger partial charge in [0.2, 0.25) is 0 Å². The van der Waals surface area contributed by atoms with Crippen molar-refractivity contribution >= 4 is 16.6 Å². The lowest BCUT2D eigenvalue weighted by Crippen LogP contribution is -2.07. The molecule has 3 aromatic rings. The van der Waals surface area contributed by atoms with Gasteiger partial charge in [0.25, 0.3) is 0 Å². The number of nitrogens with zero attached hydrogens (tertiary/aromatic N) is 1. The van der Waals surface area contributed by atoms with Crippen LogP contribution in [0.3, 0.4) is 0 Å². The molecule has 3 rings (SSSR count). The van der Waals surface area contributed by atoms with Crippen molar-refractivity contribution in [1.29, 1.82) is 0 Å². The number of fused-ring (bicyclic) bond motifs is 1.